The van der Waals surface area contributed by atoms with Gasteiger partial charge in [-0.15, -0.1) is 0 Å². The lowest BCUT2D eigenvalue weighted by Crippen LogP contribution is -1.97. The van der Waals surface area contributed by atoms with Crippen molar-refractivity contribution in [2.75, 3.05) is 0 Å². The average molecular weight is 587 g/mol. The summed E-state index contributed by atoms with van der Waals surface area (Å²) in [5.74, 6) is 0.944. The topological polar surface area (TPSA) is 17.8 Å². The molecular weight excluding hydrogens is 556 g/mol. The largest absolute Gasteiger partial charge is 0.292 e. The lowest BCUT2D eigenvalue weighted by molar-refractivity contribution is 1.10. The van der Waals surface area contributed by atoms with Gasteiger partial charge >= 0.3 is 0 Å². The van der Waals surface area contributed by atoms with Gasteiger partial charge in [-0.1, -0.05) is 133 Å². The van der Waals surface area contributed by atoms with Crippen molar-refractivity contribution in [2.24, 2.45) is 0 Å². The minimum absolute atomic E-state index is 0.944. The Morgan fingerprint density at radius 1 is 0.435 bits per heavy atom. The fourth-order valence-electron chi connectivity index (χ4n) is 7.10. The van der Waals surface area contributed by atoms with Gasteiger partial charge in [0.05, 0.1) is 11.0 Å². The van der Waals surface area contributed by atoms with Gasteiger partial charge in [-0.2, -0.15) is 0 Å². The molecule has 0 fully saturated rings. The Balaban J connectivity index is 1.25. The maximum atomic E-state index is 5.13. The predicted molar refractivity (Wildman–Crippen MR) is 195 cm³/mol. The maximum absolute atomic E-state index is 5.13. The van der Waals surface area contributed by atoms with E-state index in [0.29, 0.717) is 0 Å². The van der Waals surface area contributed by atoms with Crippen LogP contribution in [0.25, 0.3) is 82.7 Å². The van der Waals surface area contributed by atoms with Crippen LogP contribution in [0, 0.1) is 6.92 Å². The highest BCUT2D eigenvalue weighted by atomic mass is 15.1. The van der Waals surface area contributed by atoms with E-state index in [4.69, 9.17) is 4.98 Å². The summed E-state index contributed by atoms with van der Waals surface area (Å²) >= 11 is 0. The molecule has 0 aliphatic rings. The summed E-state index contributed by atoms with van der Waals surface area (Å²) in [6.07, 6.45) is 0. The standard InChI is InChI=1S/C44H30N2/c1-29-19-26-40-41(27-29)46(35-13-3-2-4-14-35)44(45-40)32-23-21-31(22-24-32)42-36-15-7-9-17-38(36)43(39-18-10-8-16-37(39)42)34-25-20-30-11-5-6-12-33(30)28-34/h2-28H,1H3. The second-order valence-corrected chi connectivity index (χ2v) is 12.1. The van der Waals surface area contributed by atoms with Crippen molar-refractivity contribution in [1.82, 2.24) is 9.55 Å². The molecule has 0 aliphatic carbocycles. The second kappa shape index (κ2) is 10.6. The van der Waals surface area contributed by atoms with Crippen molar-refractivity contribution < 1.29 is 0 Å². The number of fused-ring (bicyclic) bond motifs is 4. The Kier molecular flexibility index (Phi) is 6.07. The third-order valence-electron chi connectivity index (χ3n) is 9.23. The minimum atomic E-state index is 0.944. The van der Waals surface area contributed by atoms with E-state index in [0.717, 1.165) is 28.1 Å². The molecule has 2 nitrogen and oxygen atoms in total. The van der Waals surface area contributed by atoms with Gasteiger partial charge in [-0.25, -0.2) is 4.98 Å². The number of hydrogen-bond donors (Lipinski definition) is 0. The Morgan fingerprint density at radius 3 is 1.65 bits per heavy atom. The van der Waals surface area contributed by atoms with Gasteiger partial charge < -0.3 is 0 Å². The summed E-state index contributed by atoms with van der Waals surface area (Å²) in [6, 6.07) is 59.1. The molecule has 216 valence electrons. The second-order valence-electron chi connectivity index (χ2n) is 12.1. The number of para-hydroxylation sites is 1. The van der Waals surface area contributed by atoms with Gasteiger partial charge in [0.2, 0.25) is 0 Å². The molecule has 0 amide bonds. The molecular formula is C44H30N2. The number of hydrogen-bond acceptors (Lipinski definition) is 1. The number of nitrogens with zero attached hydrogens (tertiary/aromatic N) is 2. The van der Waals surface area contributed by atoms with Crippen LogP contribution in [0.5, 0.6) is 0 Å². The number of benzene rings is 8. The van der Waals surface area contributed by atoms with Crippen molar-refractivity contribution in [1.29, 1.82) is 0 Å². The van der Waals surface area contributed by atoms with E-state index in [1.54, 1.807) is 0 Å². The molecule has 1 heterocycles. The summed E-state index contributed by atoms with van der Waals surface area (Å²) in [5, 5.41) is 7.54. The number of aryl methyl sites for hydroxylation is 1. The monoisotopic (exact) mass is 586 g/mol. The molecule has 0 atom stereocenters. The van der Waals surface area contributed by atoms with E-state index in [2.05, 4.69) is 175 Å². The van der Waals surface area contributed by atoms with Gasteiger partial charge in [0.1, 0.15) is 5.82 Å². The molecule has 8 aromatic carbocycles. The molecule has 0 unspecified atom stereocenters. The highest BCUT2D eigenvalue weighted by Gasteiger charge is 2.18. The van der Waals surface area contributed by atoms with Gasteiger partial charge in [-0.3, -0.25) is 4.57 Å². The quantitative estimate of drug-likeness (QED) is 0.188. The molecule has 0 saturated carbocycles. The van der Waals surface area contributed by atoms with Crippen LogP contribution in [0.15, 0.2) is 164 Å². The summed E-state index contributed by atoms with van der Waals surface area (Å²) in [4.78, 5) is 5.13. The normalized spacial score (nSPS) is 11.6. The average Bonchev–Trinajstić information content (AvgIpc) is 3.49. The summed E-state index contributed by atoms with van der Waals surface area (Å²) < 4.78 is 2.28. The van der Waals surface area contributed by atoms with E-state index >= 15 is 0 Å². The minimum Gasteiger partial charge on any atom is -0.292 e. The zero-order chi connectivity index (χ0) is 30.6. The molecule has 46 heavy (non-hydrogen) atoms. The Bertz CT molecular complexity index is 2520. The molecule has 0 saturated heterocycles. The molecule has 0 bridgehead atoms. The van der Waals surface area contributed by atoms with Crippen molar-refractivity contribution in [2.45, 2.75) is 6.92 Å². The third-order valence-corrected chi connectivity index (χ3v) is 9.23. The fraction of sp³-hybridized carbons (Fsp3) is 0.0227. The van der Waals surface area contributed by atoms with E-state index < -0.39 is 0 Å². The van der Waals surface area contributed by atoms with E-state index in [1.807, 2.05) is 0 Å². The van der Waals surface area contributed by atoms with Crippen LogP contribution in [-0.2, 0) is 0 Å². The SMILES string of the molecule is Cc1ccc2nc(-c3ccc(-c4c5ccccc5c(-c5ccc6ccccc6c5)c5ccccc45)cc3)n(-c3ccccc3)c2c1. The maximum Gasteiger partial charge on any atom is 0.145 e. The van der Waals surface area contributed by atoms with Crippen molar-refractivity contribution >= 4 is 43.4 Å². The Hall–Kier alpha value is -5.99. The first kappa shape index (κ1) is 26.4. The number of rotatable bonds is 4. The van der Waals surface area contributed by atoms with Crippen molar-refractivity contribution in [3.05, 3.63) is 169 Å². The van der Waals surface area contributed by atoms with E-state index in [-0.39, 0.29) is 0 Å². The van der Waals surface area contributed by atoms with E-state index in [9.17, 15) is 0 Å². The molecule has 0 radical (unpaired) electrons. The zero-order valence-electron chi connectivity index (χ0n) is 25.5. The van der Waals surface area contributed by atoms with Crippen LogP contribution < -0.4 is 0 Å². The van der Waals surface area contributed by atoms with Crippen LogP contribution in [0.4, 0.5) is 0 Å². The summed E-state index contributed by atoms with van der Waals surface area (Å²) in [6.45, 7) is 2.14. The first-order chi connectivity index (χ1) is 22.7. The van der Waals surface area contributed by atoms with Crippen LogP contribution in [0.1, 0.15) is 5.56 Å². The zero-order valence-corrected chi connectivity index (χ0v) is 25.5. The van der Waals surface area contributed by atoms with Crippen LogP contribution in [0.3, 0.4) is 0 Å². The molecule has 9 rings (SSSR count). The molecule has 0 spiro atoms. The predicted octanol–water partition coefficient (Wildman–Crippen LogP) is 11.8. The summed E-state index contributed by atoms with van der Waals surface area (Å²) in [5.41, 5.74) is 10.5. The molecule has 2 heteroatoms. The van der Waals surface area contributed by atoms with Crippen molar-refractivity contribution in [3.8, 4) is 39.3 Å². The number of aromatic nitrogens is 2. The van der Waals surface area contributed by atoms with Crippen molar-refractivity contribution in [3.63, 3.8) is 0 Å². The van der Waals surface area contributed by atoms with Crippen LogP contribution in [0.2, 0.25) is 0 Å². The first-order valence-corrected chi connectivity index (χ1v) is 15.8. The first-order valence-electron chi connectivity index (χ1n) is 15.8. The lowest BCUT2D eigenvalue weighted by atomic mass is 9.85. The Morgan fingerprint density at radius 2 is 0.978 bits per heavy atom. The third kappa shape index (κ3) is 4.22. The smallest absolute Gasteiger partial charge is 0.145 e. The van der Waals surface area contributed by atoms with E-state index in [1.165, 1.54) is 60.1 Å². The molecule has 0 N–H and O–H groups in total. The lowest BCUT2D eigenvalue weighted by Gasteiger charge is -2.18. The van der Waals surface area contributed by atoms with Gasteiger partial charge in [0.25, 0.3) is 0 Å². The number of imidazole rings is 1. The molecule has 9 aromatic rings. The highest BCUT2D eigenvalue weighted by Crippen LogP contribution is 2.44. The molecule has 1 aromatic heterocycles. The summed E-state index contributed by atoms with van der Waals surface area (Å²) in [7, 11) is 0. The van der Waals surface area contributed by atoms with Crippen LogP contribution in [-0.4, -0.2) is 9.55 Å². The Labute approximate surface area is 267 Å². The van der Waals surface area contributed by atoms with Gasteiger partial charge in [-0.05, 0) is 97.4 Å². The van der Waals surface area contributed by atoms with Crippen LogP contribution >= 0.6 is 0 Å². The highest BCUT2D eigenvalue weighted by molar-refractivity contribution is 6.21. The molecule has 0 aliphatic heterocycles. The van der Waals surface area contributed by atoms with Gasteiger partial charge in [0.15, 0.2) is 0 Å². The van der Waals surface area contributed by atoms with Gasteiger partial charge in [0, 0.05) is 11.3 Å². The fourth-order valence-corrected chi connectivity index (χ4v) is 7.10.